The molecule has 3 rings (SSSR count). The van der Waals surface area contributed by atoms with Crippen molar-refractivity contribution >= 4 is 31.5 Å². The van der Waals surface area contributed by atoms with Gasteiger partial charge in [-0.05, 0) is 41.4 Å². The molecule has 0 radical (unpaired) electrons. The molecule has 0 amide bonds. The Balaban J connectivity index is 1.95. The van der Waals surface area contributed by atoms with E-state index in [2.05, 4.69) is 70.1 Å². The first-order valence-corrected chi connectivity index (χ1v) is 12.8. The second kappa shape index (κ2) is 7.04. The van der Waals surface area contributed by atoms with Gasteiger partial charge in [-0.25, -0.2) is 0 Å². The minimum absolute atomic E-state index is 0.0575. The van der Waals surface area contributed by atoms with Crippen molar-refractivity contribution in [3.05, 3.63) is 47.5 Å². The molecule has 0 aliphatic carbocycles. The lowest BCUT2D eigenvalue weighted by atomic mass is 10.1. The molecule has 0 saturated carbocycles. The van der Waals surface area contributed by atoms with Crippen molar-refractivity contribution in [2.24, 2.45) is 0 Å². The maximum atomic E-state index is 9.75. The lowest BCUT2D eigenvalue weighted by Gasteiger charge is -2.37. The fourth-order valence-corrected chi connectivity index (χ4v) is 5.15. The molecule has 0 bridgehead atoms. The summed E-state index contributed by atoms with van der Waals surface area (Å²) < 4.78 is 6.48. The molecule has 5 heteroatoms. The van der Waals surface area contributed by atoms with Crippen molar-refractivity contribution in [1.29, 1.82) is 0 Å². The van der Waals surface area contributed by atoms with Gasteiger partial charge in [0.05, 0.1) is 24.6 Å². The van der Waals surface area contributed by atoms with Crippen molar-refractivity contribution in [2.75, 3.05) is 11.9 Å². The lowest BCUT2D eigenvalue weighted by Crippen LogP contribution is -2.40. The fraction of sp³-hybridized carbons (Fsp3) is 0.429. The van der Waals surface area contributed by atoms with Gasteiger partial charge in [0.25, 0.3) is 0 Å². The van der Waals surface area contributed by atoms with Crippen LogP contribution < -0.4 is 4.90 Å². The van der Waals surface area contributed by atoms with Crippen molar-refractivity contribution in [3.8, 4) is 0 Å². The normalized spacial score (nSPS) is 14.2. The zero-order valence-corrected chi connectivity index (χ0v) is 18.4. The summed E-state index contributed by atoms with van der Waals surface area (Å²) in [7, 11) is 0.292. The van der Waals surface area contributed by atoms with E-state index in [4.69, 9.17) is 4.43 Å². The number of nitrogens with zero attached hydrogens (tertiary/aromatic N) is 1. The Morgan fingerprint density at radius 3 is 2.08 bits per heavy atom. The molecule has 2 aromatic carbocycles. The monoisotopic (exact) mass is 387 g/mol. The van der Waals surface area contributed by atoms with Crippen LogP contribution in [-0.4, -0.2) is 20.5 Å². The predicted molar refractivity (Wildman–Crippen MR) is 113 cm³/mol. The zero-order chi connectivity index (χ0) is 19.1. The molecule has 2 aromatic rings. The highest BCUT2D eigenvalue weighted by Gasteiger charge is 2.37. The SMILES string of the molecule is CN1c2cccc(CO)c2Sc2c(CO[Si](C)(C)C(C)(C)C)cccc21. The van der Waals surface area contributed by atoms with Crippen LogP contribution in [0.15, 0.2) is 46.2 Å². The minimum Gasteiger partial charge on any atom is -0.413 e. The van der Waals surface area contributed by atoms with E-state index in [9.17, 15) is 5.11 Å². The standard InChI is InChI=1S/C21H29NO2SSi/c1-21(2,3)26(5,6)24-14-16-10-8-12-18-20(16)25-19-15(13-23)9-7-11-17(19)22(18)4/h7-12,23H,13-14H2,1-6H3. The van der Waals surface area contributed by atoms with E-state index in [1.807, 2.05) is 12.1 Å². The Labute approximate surface area is 162 Å². The number of benzene rings is 2. The van der Waals surface area contributed by atoms with Gasteiger partial charge < -0.3 is 14.4 Å². The number of rotatable bonds is 4. The van der Waals surface area contributed by atoms with Gasteiger partial charge in [0.15, 0.2) is 8.32 Å². The van der Waals surface area contributed by atoms with E-state index in [0.29, 0.717) is 6.61 Å². The van der Waals surface area contributed by atoms with Crippen LogP contribution in [0.25, 0.3) is 0 Å². The molecule has 0 spiro atoms. The quantitative estimate of drug-likeness (QED) is 0.659. The van der Waals surface area contributed by atoms with Crippen LogP contribution in [0.2, 0.25) is 18.1 Å². The molecule has 0 aromatic heterocycles. The summed E-state index contributed by atoms with van der Waals surface area (Å²) >= 11 is 1.76. The van der Waals surface area contributed by atoms with E-state index >= 15 is 0 Å². The number of aliphatic hydroxyl groups is 1. The van der Waals surface area contributed by atoms with Crippen molar-refractivity contribution in [1.82, 2.24) is 0 Å². The first-order valence-electron chi connectivity index (χ1n) is 9.06. The van der Waals surface area contributed by atoms with Crippen molar-refractivity contribution in [3.63, 3.8) is 0 Å². The van der Waals surface area contributed by atoms with Crippen LogP contribution in [0.5, 0.6) is 0 Å². The second-order valence-electron chi connectivity index (χ2n) is 8.40. The zero-order valence-electron chi connectivity index (χ0n) is 16.6. The molecule has 0 fully saturated rings. The van der Waals surface area contributed by atoms with Gasteiger partial charge in [0.2, 0.25) is 0 Å². The minimum atomic E-state index is -1.80. The summed E-state index contributed by atoms with van der Waals surface area (Å²) in [4.78, 5) is 4.60. The molecule has 1 aliphatic rings. The number of hydrogen-bond acceptors (Lipinski definition) is 4. The van der Waals surface area contributed by atoms with Crippen molar-refractivity contribution in [2.45, 2.75) is 61.9 Å². The Kier molecular flexibility index (Phi) is 5.28. The van der Waals surface area contributed by atoms with Crippen LogP contribution in [0, 0.1) is 0 Å². The lowest BCUT2D eigenvalue weighted by molar-refractivity contribution is 0.274. The maximum absolute atomic E-state index is 9.75. The molecule has 1 heterocycles. The highest BCUT2D eigenvalue weighted by Crippen LogP contribution is 2.50. The maximum Gasteiger partial charge on any atom is 0.192 e. The van der Waals surface area contributed by atoms with E-state index in [0.717, 1.165) is 16.1 Å². The first-order chi connectivity index (χ1) is 12.2. The van der Waals surface area contributed by atoms with Crippen molar-refractivity contribution < 1.29 is 9.53 Å². The summed E-state index contributed by atoms with van der Waals surface area (Å²) in [5.41, 5.74) is 4.55. The Morgan fingerprint density at radius 2 is 1.54 bits per heavy atom. The summed E-state index contributed by atoms with van der Waals surface area (Å²) in [6, 6.07) is 12.6. The van der Waals surface area contributed by atoms with Gasteiger partial charge in [0, 0.05) is 16.8 Å². The Morgan fingerprint density at radius 1 is 1.00 bits per heavy atom. The van der Waals surface area contributed by atoms with Gasteiger partial charge in [-0.2, -0.15) is 0 Å². The molecule has 0 atom stereocenters. The van der Waals surface area contributed by atoms with E-state index in [-0.39, 0.29) is 11.6 Å². The molecule has 140 valence electrons. The third kappa shape index (κ3) is 3.45. The van der Waals surface area contributed by atoms with Crippen LogP contribution >= 0.6 is 11.8 Å². The topological polar surface area (TPSA) is 32.7 Å². The average molecular weight is 388 g/mol. The highest BCUT2D eigenvalue weighted by molar-refractivity contribution is 7.99. The van der Waals surface area contributed by atoms with Crippen LogP contribution in [0.1, 0.15) is 31.9 Å². The summed E-state index contributed by atoms with van der Waals surface area (Å²) in [6.45, 7) is 12.1. The second-order valence-corrected chi connectivity index (χ2v) is 14.2. The van der Waals surface area contributed by atoms with Gasteiger partial charge in [0.1, 0.15) is 0 Å². The molecule has 26 heavy (non-hydrogen) atoms. The summed E-state index contributed by atoms with van der Waals surface area (Å²) in [6.07, 6.45) is 0. The van der Waals surface area contributed by atoms with E-state index in [1.165, 1.54) is 16.1 Å². The summed E-state index contributed by atoms with van der Waals surface area (Å²) in [5, 5.41) is 9.94. The largest absolute Gasteiger partial charge is 0.413 e. The molecular weight excluding hydrogens is 358 g/mol. The predicted octanol–water partition coefficient (Wildman–Crippen LogP) is 5.93. The van der Waals surface area contributed by atoms with E-state index in [1.54, 1.807) is 11.8 Å². The number of anilines is 2. The third-order valence-corrected chi connectivity index (χ3v) is 11.5. The van der Waals surface area contributed by atoms with Gasteiger partial charge in [-0.1, -0.05) is 56.8 Å². The molecule has 3 nitrogen and oxygen atoms in total. The highest BCUT2D eigenvalue weighted by atomic mass is 32.2. The molecule has 1 N–H and O–H groups in total. The first kappa shape index (κ1) is 19.5. The Hall–Kier alpha value is -1.27. The molecule has 0 saturated heterocycles. The van der Waals surface area contributed by atoms with Gasteiger partial charge in [-0.15, -0.1) is 0 Å². The molecular formula is C21H29NO2SSi. The van der Waals surface area contributed by atoms with Crippen LogP contribution in [-0.2, 0) is 17.6 Å². The summed E-state index contributed by atoms with van der Waals surface area (Å²) in [5.74, 6) is 0. The fourth-order valence-electron chi connectivity index (χ4n) is 2.85. The third-order valence-electron chi connectivity index (χ3n) is 5.64. The number of fused-ring (bicyclic) bond motifs is 2. The Bertz CT molecular complexity index is 814. The van der Waals surface area contributed by atoms with Gasteiger partial charge in [-0.3, -0.25) is 0 Å². The van der Waals surface area contributed by atoms with Gasteiger partial charge >= 0.3 is 0 Å². The molecule has 1 aliphatic heterocycles. The van der Waals surface area contributed by atoms with Crippen LogP contribution in [0.4, 0.5) is 11.4 Å². The smallest absolute Gasteiger partial charge is 0.192 e. The van der Waals surface area contributed by atoms with Crippen LogP contribution in [0.3, 0.4) is 0 Å². The molecule has 0 unspecified atom stereocenters. The van der Waals surface area contributed by atoms with E-state index < -0.39 is 8.32 Å². The average Bonchev–Trinajstić information content (AvgIpc) is 2.59. The number of hydrogen-bond donors (Lipinski definition) is 1. The number of aliphatic hydroxyl groups excluding tert-OH is 1.